The maximum Gasteiger partial charge on any atom is 0.410 e. The number of nitrogens with zero attached hydrogens (tertiary/aromatic N) is 2. The lowest BCUT2D eigenvalue weighted by Crippen LogP contribution is -2.42. The maximum atomic E-state index is 13.8. The molecule has 37 heavy (non-hydrogen) atoms. The molecule has 3 aromatic rings. The second-order valence-corrected chi connectivity index (χ2v) is 11.1. The van der Waals surface area contributed by atoms with Gasteiger partial charge in [-0.25, -0.2) is 9.59 Å². The molecule has 3 heterocycles. The number of fused-ring (bicyclic) bond motifs is 1. The topological polar surface area (TPSA) is 87.1 Å². The Morgan fingerprint density at radius 1 is 1.08 bits per heavy atom. The van der Waals surface area contributed by atoms with Crippen molar-refractivity contribution in [2.45, 2.75) is 59.3 Å². The van der Waals surface area contributed by atoms with Gasteiger partial charge in [0.2, 0.25) is 5.75 Å². The van der Waals surface area contributed by atoms with E-state index in [1.165, 1.54) is 11.3 Å². The number of piperidine rings is 1. The molecule has 0 radical (unpaired) electrons. The van der Waals surface area contributed by atoms with Gasteiger partial charge < -0.3 is 23.7 Å². The Bertz CT molecular complexity index is 1300. The van der Waals surface area contributed by atoms with E-state index in [4.69, 9.17) is 14.2 Å². The van der Waals surface area contributed by atoms with Gasteiger partial charge in [0.15, 0.2) is 0 Å². The van der Waals surface area contributed by atoms with Crippen LogP contribution in [0.3, 0.4) is 0 Å². The number of esters is 1. The molecule has 1 aromatic carbocycles. The van der Waals surface area contributed by atoms with Crippen molar-refractivity contribution >= 4 is 33.6 Å². The van der Waals surface area contributed by atoms with Crippen LogP contribution in [0.4, 0.5) is 4.79 Å². The van der Waals surface area contributed by atoms with Crippen molar-refractivity contribution in [3.63, 3.8) is 0 Å². The Kier molecular flexibility index (Phi) is 8.22. The van der Waals surface area contributed by atoms with Gasteiger partial charge >= 0.3 is 12.1 Å². The number of benzene rings is 1. The van der Waals surface area contributed by atoms with E-state index in [1.54, 1.807) is 16.4 Å². The first-order valence-electron chi connectivity index (χ1n) is 12.6. The molecule has 0 bridgehead atoms. The molecule has 1 fully saturated rings. The highest BCUT2D eigenvalue weighted by atomic mass is 32.1. The van der Waals surface area contributed by atoms with E-state index in [-0.39, 0.29) is 42.1 Å². The number of pyridine rings is 1. The van der Waals surface area contributed by atoms with Crippen molar-refractivity contribution in [1.29, 1.82) is 0 Å². The highest BCUT2D eigenvalue weighted by Crippen LogP contribution is 2.32. The molecule has 4 rings (SSSR count). The van der Waals surface area contributed by atoms with E-state index in [1.807, 2.05) is 62.5 Å². The third kappa shape index (κ3) is 6.33. The minimum Gasteiger partial charge on any atom is -0.482 e. The Balaban J connectivity index is 1.61. The van der Waals surface area contributed by atoms with Gasteiger partial charge in [-0.3, -0.25) is 4.79 Å². The predicted molar refractivity (Wildman–Crippen MR) is 143 cm³/mol. The fraction of sp³-hybridized carbons (Fsp3) is 0.464. The summed E-state index contributed by atoms with van der Waals surface area (Å²) >= 11 is 1.39. The van der Waals surface area contributed by atoms with E-state index < -0.39 is 11.6 Å². The summed E-state index contributed by atoms with van der Waals surface area (Å²) < 4.78 is 19.2. The summed E-state index contributed by atoms with van der Waals surface area (Å²) in [5.41, 5.74) is 0.884. The van der Waals surface area contributed by atoms with Crippen LogP contribution in [0.5, 0.6) is 5.75 Å². The molecule has 0 spiro atoms. The summed E-state index contributed by atoms with van der Waals surface area (Å²) in [4.78, 5) is 40.9. The van der Waals surface area contributed by atoms with Gasteiger partial charge in [0.1, 0.15) is 17.8 Å². The average molecular weight is 527 g/mol. The molecule has 198 valence electrons. The van der Waals surface area contributed by atoms with Crippen molar-refractivity contribution in [3.05, 3.63) is 63.3 Å². The van der Waals surface area contributed by atoms with Crippen LogP contribution in [0.1, 0.15) is 56.5 Å². The predicted octanol–water partition coefficient (Wildman–Crippen LogP) is 5.47. The number of carbonyl (C=O) groups excluding carboxylic acids is 2. The number of hydrogen-bond acceptors (Lipinski definition) is 7. The van der Waals surface area contributed by atoms with Gasteiger partial charge in [0.05, 0.1) is 16.8 Å². The molecule has 1 aliphatic rings. The summed E-state index contributed by atoms with van der Waals surface area (Å²) in [7, 11) is 0. The van der Waals surface area contributed by atoms with Crippen LogP contribution in [0, 0.1) is 5.92 Å². The highest BCUT2D eigenvalue weighted by Gasteiger charge is 2.30. The number of rotatable bonds is 7. The zero-order valence-electron chi connectivity index (χ0n) is 21.8. The number of aromatic nitrogens is 1. The number of thiophene rings is 1. The first-order valence-corrected chi connectivity index (χ1v) is 13.5. The van der Waals surface area contributed by atoms with Gasteiger partial charge in [-0.05, 0) is 63.5 Å². The van der Waals surface area contributed by atoms with Crippen LogP contribution in [-0.2, 0) is 22.6 Å². The Hall–Kier alpha value is -3.33. The summed E-state index contributed by atoms with van der Waals surface area (Å²) in [5, 5.41) is 1.87. The number of likely N-dealkylation sites (tertiary alicyclic amines) is 1. The van der Waals surface area contributed by atoms with Gasteiger partial charge in [-0.2, -0.15) is 0 Å². The number of carbonyl (C=O) groups is 2. The molecule has 1 amide bonds. The lowest BCUT2D eigenvalue weighted by atomic mass is 9.96. The van der Waals surface area contributed by atoms with Crippen molar-refractivity contribution in [2.24, 2.45) is 5.92 Å². The molecule has 9 heteroatoms. The van der Waals surface area contributed by atoms with Gasteiger partial charge in [0, 0.05) is 19.6 Å². The maximum absolute atomic E-state index is 13.8. The van der Waals surface area contributed by atoms with E-state index in [9.17, 15) is 14.4 Å². The largest absolute Gasteiger partial charge is 0.482 e. The number of hydrogen-bond donors (Lipinski definition) is 0. The lowest BCUT2D eigenvalue weighted by Gasteiger charge is -2.33. The molecule has 1 aliphatic heterocycles. The SMILES string of the molecule is CCOC(=O)c1c(OCc2ccccc2)c(=O)n(CC2CCN(C(=O)OC(C)(C)C)CC2)c2ccsc12. The second-order valence-electron chi connectivity index (χ2n) is 10.2. The normalized spacial score (nSPS) is 14.5. The fourth-order valence-electron chi connectivity index (χ4n) is 4.46. The van der Waals surface area contributed by atoms with E-state index in [0.29, 0.717) is 29.9 Å². The Morgan fingerprint density at radius 2 is 1.78 bits per heavy atom. The first kappa shape index (κ1) is 26.7. The summed E-state index contributed by atoms with van der Waals surface area (Å²) in [6, 6.07) is 11.4. The van der Waals surface area contributed by atoms with E-state index in [0.717, 1.165) is 18.4 Å². The molecule has 0 atom stereocenters. The van der Waals surface area contributed by atoms with Gasteiger partial charge in [-0.1, -0.05) is 30.3 Å². The van der Waals surface area contributed by atoms with E-state index >= 15 is 0 Å². The van der Waals surface area contributed by atoms with Crippen LogP contribution in [-0.4, -0.2) is 46.8 Å². The van der Waals surface area contributed by atoms with Crippen LogP contribution >= 0.6 is 11.3 Å². The molecular weight excluding hydrogens is 492 g/mol. The zero-order chi connectivity index (χ0) is 26.6. The summed E-state index contributed by atoms with van der Waals surface area (Å²) in [6.07, 6.45) is 1.19. The smallest absolute Gasteiger partial charge is 0.410 e. The van der Waals surface area contributed by atoms with E-state index in [2.05, 4.69) is 0 Å². The lowest BCUT2D eigenvalue weighted by molar-refractivity contribution is 0.0178. The van der Waals surface area contributed by atoms with Crippen LogP contribution < -0.4 is 10.3 Å². The minimum absolute atomic E-state index is 0.0171. The molecule has 1 saturated heterocycles. The monoisotopic (exact) mass is 526 g/mol. The number of ether oxygens (including phenoxy) is 3. The van der Waals surface area contributed by atoms with Crippen LogP contribution in [0.2, 0.25) is 0 Å². The number of amides is 1. The Labute approximate surface area is 220 Å². The summed E-state index contributed by atoms with van der Waals surface area (Å²) in [6.45, 7) is 9.27. The molecule has 0 saturated carbocycles. The van der Waals surface area contributed by atoms with Crippen LogP contribution in [0.15, 0.2) is 46.6 Å². The quantitative estimate of drug-likeness (QED) is 0.380. The second kappa shape index (κ2) is 11.4. The minimum atomic E-state index is -0.562. The van der Waals surface area contributed by atoms with Gasteiger partial charge in [-0.15, -0.1) is 11.3 Å². The molecular formula is C28H34N2O6S. The molecule has 0 N–H and O–H groups in total. The third-order valence-corrected chi connectivity index (χ3v) is 7.16. The van der Waals surface area contributed by atoms with Crippen molar-refractivity contribution < 1.29 is 23.8 Å². The Morgan fingerprint density at radius 3 is 2.43 bits per heavy atom. The average Bonchev–Trinajstić information content (AvgIpc) is 3.34. The van der Waals surface area contributed by atoms with Crippen LogP contribution in [0.25, 0.3) is 10.2 Å². The molecule has 0 aliphatic carbocycles. The zero-order valence-corrected chi connectivity index (χ0v) is 22.6. The molecule has 0 unspecified atom stereocenters. The van der Waals surface area contributed by atoms with Crippen molar-refractivity contribution in [1.82, 2.24) is 9.47 Å². The first-order chi connectivity index (χ1) is 17.7. The van der Waals surface area contributed by atoms with Crippen molar-refractivity contribution in [2.75, 3.05) is 19.7 Å². The van der Waals surface area contributed by atoms with Crippen molar-refractivity contribution in [3.8, 4) is 5.75 Å². The molecule has 8 nitrogen and oxygen atoms in total. The van der Waals surface area contributed by atoms with Gasteiger partial charge in [0.25, 0.3) is 5.56 Å². The third-order valence-electron chi connectivity index (χ3n) is 6.24. The fourth-order valence-corrected chi connectivity index (χ4v) is 5.39. The highest BCUT2D eigenvalue weighted by molar-refractivity contribution is 7.17. The molecule has 2 aromatic heterocycles. The standard InChI is InChI=1S/C28H34N2O6S/c1-5-34-26(32)22-23(35-18-20-9-7-6-8-10-20)25(31)30(21-13-16-37-24(21)22)17-19-11-14-29(15-12-19)27(33)36-28(2,3)4/h6-10,13,16,19H,5,11-12,14-15,17-18H2,1-4H3. The summed E-state index contributed by atoms with van der Waals surface area (Å²) in [5.74, 6) is -0.355.